The lowest BCUT2D eigenvalue weighted by Gasteiger charge is -2.39. The first-order chi connectivity index (χ1) is 8.88. The molecule has 5 nitrogen and oxygen atoms in total. The molecule has 0 aliphatic carbocycles. The molecule has 2 aromatic rings. The van der Waals surface area contributed by atoms with E-state index in [0.717, 1.165) is 22.3 Å². The van der Waals surface area contributed by atoms with E-state index in [1.54, 1.807) is 6.20 Å². The number of aromatic nitrogens is 2. The minimum Gasteiger partial charge on any atom is -0.336 e. The van der Waals surface area contributed by atoms with Crippen molar-refractivity contribution in [2.75, 3.05) is 5.32 Å². The second-order valence-electron chi connectivity index (χ2n) is 6.00. The summed E-state index contributed by atoms with van der Waals surface area (Å²) >= 11 is 0. The maximum absolute atomic E-state index is 12.1. The van der Waals surface area contributed by atoms with Crippen LogP contribution >= 0.6 is 0 Å². The zero-order chi connectivity index (χ0) is 13.8. The lowest BCUT2D eigenvalue weighted by Crippen LogP contribution is -2.49. The van der Waals surface area contributed by atoms with E-state index in [2.05, 4.69) is 16.4 Å². The molecule has 0 spiro atoms. The molecule has 3 rings (SSSR count). The van der Waals surface area contributed by atoms with Crippen LogP contribution in [0.4, 0.5) is 10.5 Å². The number of amides is 2. The minimum absolute atomic E-state index is 0.0583. The smallest absolute Gasteiger partial charge is 0.322 e. The van der Waals surface area contributed by atoms with Crippen molar-refractivity contribution >= 4 is 22.8 Å². The van der Waals surface area contributed by atoms with Gasteiger partial charge in [0.05, 0.1) is 18.4 Å². The zero-order valence-corrected chi connectivity index (χ0v) is 11.7. The first kappa shape index (κ1) is 12.0. The minimum atomic E-state index is -0.202. The number of carbonyl (C=O) groups excluding carboxylic acids is 1. The highest BCUT2D eigenvalue weighted by atomic mass is 16.2. The molecule has 0 bridgehead atoms. The van der Waals surface area contributed by atoms with Crippen LogP contribution in [0.25, 0.3) is 11.0 Å². The summed E-state index contributed by atoms with van der Waals surface area (Å²) in [7, 11) is 1.98. The molecule has 1 N–H and O–H groups in total. The van der Waals surface area contributed by atoms with Crippen molar-refractivity contribution in [2.24, 2.45) is 7.05 Å². The van der Waals surface area contributed by atoms with Crippen LogP contribution in [0.5, 0.6) is 0 Å². The van der Waals surface area contributed by atoms with Crippen LogP contribution in [-0.2, 0) is 13.6 Å². The number of aryl methyl sites for hydroxylation is 1. The number of hydrogen-bond acceptors (Lipinski definition) is 2. The standard InChI is InChI=1S/C14H18N4O/c1-14(2,3)18-8-10-9-5-6-17(4)12(9)15-7-11(10)16-13(18)19/h5-7H,8H2,1-4H3,(H,16,19). The molecule has 3 heterocycles. The maximum atomic E-state index is 12.1. The Kier molecular flexibility index (Phi) is 2.36. The fourth-order valence-corrected chi connectivity index (χ4v) is 2.50. The SMILES string of the molecule is Cn1ccc2c3c(cnc21)NC(=O)N(C(C)(C)C)C3. The van der Waals surface area contributed by atoms with Gasteiger partial charge in [-0.1, -0.05) is 0 Å². The van der Waals surface area contributed by atoms with Gasteiger partial charge in [0, 0.05) is 29.7 Å². The molecule has 0 unspecified atom stereocenters. The van der Waals surface area contributed by atoms with Crippen molar-refractivity contribution in [3.05, 3.63) is 24.0 Å². The fraction of sp³-hybridized carbons (Fsp3) is 0.429. The van der Waals surface area contributed by atoms with Gasteiger partial charge in [0.1, 0.15) is 5.65 Å². The largest absolute Gasteiger partial charge is 0.336 e. The lowest BCUT2D eigenvalue weighted by molar-refractivity contribution is 0.149. The number of nitrogens with zero attached hydrogens (tertiary/aromatic N) is 3. The molecule has 2 amide bonds. The molecule has 5 heteroatoms. The number of hydrogen-bond donors (Lipinski definition) is 1. The van der Waals surface area contributed by atoms with Gasteiger partial charge in [-0.05, 0) is 26.8 Å². The molecular formula is C14H18N4O. The summed E-state index contributed by atoms with van der Waals surface area (Å²) in [6, 6.07) is 2.00. The third-order valence-corrected chi connectivity index (χ3v) is 3.62. The molecule has 0 saturated carbocycles. The highest BCUT2D eigenvalue weighted by Crippen LogP contribution is 2.32. The Balaban J connectivity index is 2.16. The van der Waals surface area contributed by atoms with Crippen molar-refractivity contribution in [3.63, 3.8) is 0 Å². The second-order valence-corrected chi connectivity index (χ2v) is 6.00. The number of nitrogens with one attached hydrogen (secondary N) is 1. The first-order valence-electron chi connectivity index (χ1n) is 6.39. The van der Waals surface area contributed by atoms with Crippen LogP contribution in [-0.4, -0.2) is 26.0 Å². The predicted octanol–water partition coefficient (Wildman–Crippen LogP) is 2.72. The van der Waals surface area contributed by atoms with E-state index in [1.165, 1.54) is 0 Å². The van der Waals surface area contributed by atoms with E-state index < -0.39 is 0 Å². The summed E-state index contributed by atoms with van der Waals surface area (Å²) < 4.78 is 1.99. The molecule has 0 atom stereocenters. The highest BCUT2D eigenvalue weighted by Gasteiger charge is 2.32. The fourth-order valence-electron chi connectivity index (χ4n) is 2.50. The Morgan fingerprint density at radius 3 is 2.79 bits per heavy atom. The molecule has 100 valence electrons. The van der Waals surface area contributed by atoms with Gasteiger partial charge in [0.2, 0.25) is 0 Å². The van der Waals surface area contributed by atoms with Crippen molar-refractivity contribution in [1.82, 2.24) is 14.5 Å². The summed E-state index contributed by atoms with van der Waals surface area (Å²) in [6.07, 6.45) is 3.74. The third kappa shape index (κ3) is 1.77. The normalized spacial score (nSPS) is 15.6. The number of rotatable bonds is 0. The van der Waals surface area contributed by atoms with Crippen molar-refractivity contribution in [1.29, 1.82) is 0 Å². The Labute approximate surface area is 112 Å². The number of fused-ring (bicyclic) bond motifs is 3. The third-order valence-electron chi connectivity index (χ3n) is 3.62. The molecule has 2 aromatic heterocycles. The van der Waals surface area contributed by atoms with Gasteiger partial charge >= 0.3 is 6.03 Å². The lowest BCUT2D eigenvalue weighted by atomic mass is 10.0. The molecule has 0 fully saturated rings. The molecule has 1 aliphatic rings. The van der Waals surface area contributed by atoms with Crippen LogP contribution < -0.4 is 5.32 Å². The van der Waals surface area contributed by atoms with Gasteiger partial charge in [-0.25, -0.2) is 9.78 Å². The number of anilines is 1. The summed E-state index contributed by atoms with van der Waals surface area (Å²) in [5.74, 6) is 0. The van der Waals surface area contributed by atoms with Gasteiger partial charge < -0.3 is 14.8 Å². The average Bonchev–Trinajstić information content (AvgIpc) is 2.69. The van der Waals surface area contributed by atoms with Gasteiger partial charge in [0.15, 0.2) is 0 Å². The van der Waals surface area contributed by atoms with Crippen molar-refractivity contribution < 1.29 is 4.79 Å². The highest BCUT2D eigenvalue weighted by molar-refractivity contribution is 5.97. The molecular weight excluding hydrogens is 240 g/mol. The monoisotopic (exact) mass is 258 g/mol. The van der Waals surface area contributed by atoms with Gasteiger partial charge in [-0.15, -0.1) is 0 Å². The van der Waals surface area contributed by atoms with Crippen molar-refractivity contribution in [3.8, 4) is 0 Å². The Morgan fingerprint density at radius 2 is 2.11 bits per heavy atom. The van der Waals surface area contributed by atoms with Crippen LogP contribution in [0.15, 0.2) is 18.5 Å². The van der Waals surface area contributed by atoms with E-state index in [1.807, 2.05) is 43.5 Å². The van der Waals surface area contributed by atoms with E-state index in [4.69, 9.17) is 0 Å². The topological polar surface area (TPSA) is 50.2 Å². The second kappa shape index (κ2) is 3.73. The Hall–Kier alpha value is -2.04. The predicted molar refractivity (Wildman–Crippen MR) is 75.0 cm³/mol. The summed E-state index contributed by atoms with van der Waals surface area (Å²) in [5.41, 5.74) is 2.71. The molecule has 0 radical (unpaired) electrons. The van der Waals surface area contributed by atoms with E-state index in [9.17, 15) is 4.79 Å². The number of carbonyl (C=O) groups is 1. The quantitative estimate of drug-likeness (QED) is 0.790. The Bertz CT molecular complexity index is 666. The summed E-state index contributed by atoms with van der Waals surface area (Å²) in [4.78, 5) is 18.4. The van der Waals surface area contributed by atoms with Gasteiger partial charge in [-0.2, -0.15) is 0 Å². The summed E-state index contributed by atoms with van der Waals surface area (Å²) in [6.45, 7) is 6.75. The molecule has 1 aliphatic heterocycles. The number of pyridine rings is 1. The van der Waals surface area contributed by atoms with Crippen LogP contribution in [0.2, 0.25) is 0 Å². The van der Waals surface area contributed by atoms with Crippen LogP contribution in [0.1, 0.15) is 26.3 Å². The van der Waals surface area contributed by atoms with Gasteiger partial charge in [0.25, 0.3) is 0 Å². The van der Waals surface area contributed by atoms with Crippen molar-refractivity contribution in [2.45, 2.75) is 32.9 Å². The summed E-state index contributed by atoms with van der Waals surface area (Å²) in [5, 5.41) is 4.04. The van der Waals surface area contributed by atoms with E-state index >= 15 is 0 Å². The maximum Gasteiger partial charge on any atom is 0.322 e. The van der Waals surface area contributed by atoms with Gasteiger partial charge in [-0.3, -0.25) is 0 Å². The van der Waals surface area contributed by atoms with E-state index in [-0.39, 0.29) is 11.6 Å². The average molecular weight is 258 g/mol. The van der Waals surface area contributed by atoms with Crippen LogP contribution in [0.3, 0.4) is 0 Å². The molecule has 0 saturated heterocycles. The van der Waals surface area contributed by atoms with E-state index in [0.29, 0.717) is 6.54 Å². The first-order valence-corrected chi connectivity index (χ1v) is 6.39. The zero-order valence-electron chi connectivity index (χ0n) is 11.7. The number of urea groups is 1. The molecule has 0 aromatic carbocycles. The molecule has 19 heavy (non-hydrogen) atoms. The van der Waals surface area contributed by atoms with Crippen LogP contribution in [0, 0.1) is 0 Å². The Morgan fingerprint density at radius 1 is 1.37 bits per heavy atom.